The first-order valence-corrected chi connectivity index (χ1v) is 9.03. The zero-order chi connectivity index (χ0) is 16.3. The van der Waals surface area contributed by atoms with E-state index in [-0.39, 0.29) is 11.8 Å². The van der Waals surface area contributed by atoms with Crippen LogP contribution >= 0.6 is 15.9 Å². The molecule has 1 saturated heterocycles. The van der Waals surface area contributed by atoms with Gasteiger partial charge in [0.05, 0.1) is 20.3 Å². The fraction of sp³-hybridized carbons (Fsp3) is 0.611. The summed E-state index contributed by atoms with van der Waals surface area (Å²) in [5.74, 6) is 0.442. The number of methoxy groups -OCH3 is 1. The number of hydrogen-bond donors (Lipinski definition) is 0. The highest BCUT2D eigenvalue weighted by molar-refractivity contribution is 9.10. The summed E-state index contributed by atoms with van der Waals surface area (Å²) < 4.78 is 18.3. The summed E-state index contributed by atoms with van der Waals surface area (Å²) in [6.45, 7) is 1.26. The highest BCUT2D eigenvalue weighted by Gasteiger charge is 2.49. The van der Waals surface area contributed by atoms with Gasteiger partial charge in [-0.15, -0.1) is 0 Å². The molecule has 1 saturated carbocycles. The molecule has 2 atom stereocenters. The minimum Gasteiger partial charge on any atom is -0.497 e. The molecule has 0 bridgehead atoms. The van der Waals surface area contributed by atoms with Crippen LogP contribution in [0.4, 0.5) is 0 Å². The summed E-state index contributed by atoms with van der Waals surface area (Å²) in [4.78, 5) is 11.5. The second-order valence-electron chi connectivity index (χ2n) is 6.30. The van der Waals surface area contributed by atoms with E-state index in [1.165, 1.54) is 5.56 Å². The number of ether oxygens (including phenoxy) is 3. The number of aryl methyl sites for hydroxylation is 1. The summed E-state index contributed by atoms with van der Waals surface area (Å²) >= 11 is 3.60. The molecule has 1 aliphatic heterocycles. The van der Waals surface area contributed by atoms with Crippen molar-refractivity contribution in [2.24, 2.45) is 11.8 Å². The van der Waals surface area contributed by atoms with Crippen molar-refractivity contribution in [3.05, 3.63) is 28.2 Å². The molecule has 1 spiro atoms. The topological polar surface area (TPSA) is 44.8 Å². The largest absolute Gasteiger partial charge is 0.497 e. The number of aldehydes is 1. The first kappa shape index (κ1) is 16.9. The van der Waals surface area contributed by atoms with Crippen LogP contribution in [0.1, 0.15) is 31.2 Å². The Bertz CT molecular complexity index is 554. The molecule has 1 heterocycles. The highest BCUT2D eigenvalue weighted by atomic mass is 79.9. The van der Waals surface area contributed by atoms with E-state index in [0.29, 0.717) is 13.2 Å². The molecule has 5 heteroatoms. The minimum absolute atomic E-state index is 0.0197. The lowest BCUT2D eigenvalue weighted by atomic mass is 9.73. The summed E-state index contributed by atoms with van der Waals surface area (Å²) in [6.07, 6.45) is 5.64. The Kier molecular flexibility index (Phi) is 5.39. The van der Waals surface area contributed by atoms with Crippen LogP contribution in [0.2, 0.25) is 0 Å². The lowest BCUT2D eigenvalue weighted by Gasteiger charge is -2.42. The molecule has 1 aromatic rings. The molecule has 2 fully saturated rings. The van der Waals surface area contributed by atoms with Crippen molar-refractivity contribution in [1.82, 2.24) is 0 Å². The van der Waals surface area contributed by atoms with Gasteiger partial charge in [-0.1, -0.05) is 15.9 Å². The first-order chi connectivity index (χ1) is 11.2. The predicted molar refractivity (Wildman–Crippen MR) is 90.5 cm³/mol. The molecule has 126 valence electrons. The van der Waals surface area contributed by atoms with Gasteiger partial charge in [-0.2, -0.15) is 0 Å². The van der Waals surface area contributed by atoms with Gasteiger partial charge in [-0.05, 0) is 49.4 Å². The maximum atomic E-state index is 11.5. The first-order valence-electron chi connectivity index (χ1n) is 8.24. The van der Waals surface area contributed by atoms with E-state index < -0.39 is 5.79 Å². The molecular weight excluding hydrogens is 360 g/mol. The molecule has 3 rings (SSSR count). The van der Waals surface area contributed by atoms with Crippen LogP contribution in [-0.2, 0) is 20.7 Å². The molecular formula is C18H23BrO4. The van der Waals surface area contributed by atoms with E-state index in [1.807, 2.05) is 18.2 Å². The highest BCUT2D eigenvalue weighted by Crippen LogP contribution is 2.45. The van der Waals surface area contributed by atoms with E-state index in [1.54, 1.807) is 7.11 Å². The molecule has 1 aliphatic carbocycles. The van der Waals surface area contributed by atoms with E-state index in [0.717, 1.165) is 48.6 Å². The second-order valence-corrected chi connectivity index (χ2v) is 7.16. The third kappa shape index (κ3) is 3.47. The van der Waals surface area contributed by atoms with Gasteiger partial charge in [0.15, 0.2) is 5.79 Å². The number of benzene rings is 1. The Hall–Kier alpha value is -0.910. The van der Waals surface area contributed by atoms with Gasteiger partial charge in [0, 0.05) is 22.7 Å². The zero-order valence-corrected chi connectivity index (χ0v) is 15.0. The van der Waals surface area contributed by atoms with E-state index >= 15 is 0 Å². The summed E-state index contributed by atoms with van der Waals surface area (Å²) in [5.41, 5.74) is 1.19. The van der Waals surface area contributed by atoms with Gasteiger partial charge < -0.3 is 19.0 Å². The molecule has 1 aromatic carbocycles. The second kappa shape index (κ2) is 7.32. The smallest absolute Gasteiger partial charge is 0.171 e. The van der Waals surface area contributed by atoms with Gasteiger partial charge in [-0.25, -0.2) is 0 Å². The van der Waals surface area contributed by atoms with Crippen LogP contribution in [0.3, 0.4) is 0 Å². The summed E-state index contributed by atoms with van der Waals surface area (Å²) in [5, 5.41) is 0. The van der Waals surface area contributed by atoms with Crippen LogP contribution in [0.25, 0.3) is 0 Å². The standard InChI is InChI=1S/C18H23BrO4/c1-21-15-5-7-17(19)13(11-15)4-6-16-14(12-20)3-2-8-18(16)22-9-10-23-18/h5,7,11-12,14,16H,2-4,6,8-10H2,1H3/t14-,16+/m1/s1. The summed E-state index contributed by atoms with van der Waals surface area (Å²) in [6, 6.07) is 5.99. The Morgan fingerprint density at radius 1 is 1.39 bits per heavy atom. The molecule has 23 heavy (non-hydrogen) atoms. The number of halogens is 1. The lowest BCUT2D eigenvalue weighted by molar-refractivity contribution is -0.224. The Balaban J connectivity index is 1.77. The van der Waals surface area contributed by atoms with Crippen molar-refractivity contribution in [3.63, 3.8) is 0 Å². The van der Waals surface area contributed by atoms with Gasteiger partial charge in [0.25, 0.3) is 0 Å². The number of hydrogen-bond acceptors (Lipinski definition) is 4. The molecule has 4 nitrogen and oxygen atoms in total. The van der Waals surface area contributed by atoms with E-state index in [9.17, 15) is 4.79 Å². The number of carbonyl (C=O) groups is 1. The third-order valence-corrected chi connectivity index (χ3v) is 5.85. The summed E-state index contributed by atoms with van der Waals surface area (Å²) in [7, 11) is 1.67. The van der Waals surface area contributed by atoms with Crippen molar-refractivity contribution in [2.75, 3.05) is 20.3 Å². The van der Waals surface area contributed by atoms with Gasteiger partial charge >= 0.3 is 0 Å². The number of carbonyl (C=O) groups excluding carboxylic acids is 1. The Morgan fingerprint density at radius 3 is 2.87 bits per heavy atom. The van der Waals surface area contributed by atoms with Gasteiger partial charge in [0.2, 0.25) is 0 Å². The maximum Gasteiger partial charge on any atom is 0.171 e. The minimum atomic E-state index is -0.546. The average Bonchev–Trinajstić information content (AvgIpc) is 3.04. The normalized spacial score (nSPS) is 26.3. The van der Waals surface area contributed by atoms with Crippen molar-refractivity contribution in [1.29, 1.82) is 0 Å². The quantitative estimate of drug-likeness (QED) is 0.727. The molecule has 0 unspecified atom stereocenters. The van der Waals surface area contributed by atoms with E-state index in [2.05, 4.69) is 15.9 Å². The number of rotatable bonds is 5. The SMILES string of the molecule is COc1ccc(Br)c(CC[C@H]2[C@@H](C=O)CCCC23OCCO3)c1. The Labute approximate surface area is 145 Å². The monoisotopic (exact) mass is 382 g/mol. The van der Waals surface area contributed by atoms with Crippen LogP contribution in [-0.4, -0.2) is 32.4 Å². The molecule has 0 amide bonds. The van der Waals surface area contributed by atoms with Gasteiger partial charge in [0.1, 0.15) is 12.0 Å². The fourth-order valence-corrected chi connectivity index (χ4v) is 4.35. The molecule has 0 aromatic heterocycles. The molecule has 0 N–H and O–H groups in total. The van der Waals surface area contributed by atoms with E-state index in [4.69, 9.17) is 14.2 Å². The van der Waals surface area contributed by atoms with Crippen LogP contribution in [0.5, 0.6) is 5.75 Å². The van der Waals surface area contributed by atoms with Gasteiger partial charge in [-0.3, -0.25) is 0 Å². The maximum absolute atomic E-state index is 11.5. The molecule has 2 aliphatic rings. The zero-order valence-electron chi connectivity index (χ0n) is 13.4. The lowest BCUT2D eigenvalue weighted by Crippen LogP contribution is -2.47. The third-order valence-electron chi connectivity index (χ3n) is 5.07. The van der Waals surface area contributed by atoms with Crippen molar-refractivity contribution in [2.45, 2.75) is 37.9 Å². The predicted octanol–water partition coefficient (Wildman–Crippen LogP) is 3.75. The molecule has 0 radical (unpaired) electrons. The van der Waals surface area contributed by atoms with Crippen LogP contribution in [0, 0.1) is 11.8 Å². The average molecular weight is 383 g/mol. The van der Waals surface area contributed by atoms with Crippen molar-refractivity contribution >= 4 is 22.2 Å². The van der Waals surface area contributed by atoms with Crippen molar-refractivity contribution < 1.29 is 19.0 Å². The fourth-order valence-electron chi connectivity index (χ4n) is 3.90. The van der Waals surface area contributed by atoms with Crippen LogP contribution < -0.4 is 4.74 Å². The van der Waals surface area contributed by atoms with Crippen molar-refractivity contribution in [3.8, 4) is 5.75 Å². The van der Waals surface area contributed by atoms with Crippen LogP contribution in [0.15, 0.2) is 22.7 Å². The Morgan fingerprint density at radius 2 is 2.17 bits per heavy atom.